The van der Waals surface area contributed by atoms with E-state index in [1.165, 1.54) is 6.92 Å². The molecule has 0 radical (unpaired) electrons. The molecule has 102 valence electrons. The van der Waals surface area contributed by atoms with Gasteiger partial charge in [0.25, 0.3) is 0 Å². The summed E-state index contributed by atoms with van der Waals surface area (Å²) < 4.78 is 30.9. The molecular weight excluding hydrogens is 260 g/mol. The number of nitrogens with two attached hydrogens (primary N) is 1. The maximum atomic E-state index is 11.6. The molecule has 0 saturated heterocycles. The first-order valence-electron chi connectivity index (χ1n) is 5.63. The summed E-state index contributed by atoms with van der Waals surface area (Å²) in [7, 11) is -3.46. The average molecular weight is 282 g/mol. The molecule has 1 unspecified atom stereocenters. The first kappa shape index (κ1) is 16.8. The van der Waals surface area contributed by atoms with Crippen LogP contribution in [0.4, 0.5) is 0 Å². The average Bonchev–Trinajstić information content (AvgIpc) is 2.21. The van der Waals surface area contributed by atoms with Crippen LogP contribution in [0.5, 0.6) is 0 Å². The minimum absolute atomic E-state index is 0.0294. The lowest BCUT2D eigenvalue weighted by atomic mass is 10.1. The van der Waals surface area contributed by atoms with E-state index >= 15 is 0 Å². The molecule has 0 aromatic rings. The van der Waals surface area contributed by atoms with Crippen LogP contribution in [0.25, 0.3) is 0 Å². The van der Waals surface area contributed by atoms with Crippen LogP contribution in [-0.4, -0.2) is 38.4 Å². The highest BCUT2D eigenvalue weighted by Gasteiger charge is 2.22. The molecule has 0 aliphatic carbocycles. The van der Waals surface area contributed by atoms with Gasteiger partial charge < -0.3 is 10.5 Å². The Morgan fingerprint density at radius 1 is 1.35 bits per heavy atom. The third kappa shape index (κ3) is 7.64. The molecule has 0 aromatic heterocycles. The van der Waals surface area contributed by atoms with Crippen LogP contribution < -0.4 is 10.5 Å². The van der Waals surface area contributed by atoms with Gasteiger partial charge in [0.1, 0.15) is 5.25 Å². The van der Waals surface area contributed by atoms with Crippen molar-refractivity contribution in [3.63, 3.8) is 0 Å². The van der Waals surface area contributed by atoms with E-state index in [0.717, 1.165) is 6.42 Å². The van der Waals surface area contributed by atoms with Crippen LogP contribution in [0, 0.1) is 5.92 Å². The van der Waals surface area contributed by atoms with Gasteiger partial charge in [-0.3, -0.25) is 0 Å². The highest BCUT2D eigenvalue weighted by Crippen LogP contribution is 1.99. The van der Waals surface area contributed by atoms with Gasteiger partial charge in [0.15, 0.2) is 0 Å². The number of hydrogen-bond donors (Lipinski definition) is 2. The van der Waals surface area contributed by atoms with Gasteiger partial charge in [0, 0.05) is 13.2 Å². The van der Waals surface area contributed by atoms with Crippen molar-refractivity contribution in [1.29, 1.82) is 0 Å². The van der Waals surface area contributed by atoms with Gasteiger partial charge in [-0.05, 0) is 19.3 Å². The van der Waals surface area contributed by atoms with E-state index in [9.17, 15) is 8.42 Å². The molecule has 0 fully saturated rings. The van der Waals surface area contributed by atoms with Gasteiger partial charge in [-0.15, -0.1) is 0 Å². The largest absolute Gasteiger partial charge is 0.392 e. The van der Waals surface area contributed by atoms with Crippen molar-refractivity contribution in [3.05, 3.63) is 0 Å². The lowest BCUT2D eigenvalue weighted by Crippen LogP contribution is -2.41. The third-order valence-electron chi connectivity index (χ3n) is 2.26. The molecule has 0 bridgehead atoms. The molecule has 0 aromatic carbocycles. The Morgan fingerprint density at radius 3 is 2.41 bits per heavy atom. The Kier molecular flexibility index (Phi) is 7.85. The SMILES string of the molecule is CC(C)CCOCCNS(=O)(=O)C(C)C(N)=S. The van der Waals surface area contributed by atoms with Crippen LogP contribution in [0.3, 0.4) is 0 Å². The van der Waals surface area contributed by atoms with Crippen molar-refractivity contribution in [3.8, 4) is 0 Å². The van der Waals surface area contributed by atoms with E-state index in [1.807, 2.05) is 0 Å². The zero-order valence-electron chi connectivity index (χ0n) is 10.6. The van der Waals surface area contributed by atoms with E-state index in [4.69, 9.17) is 10.5 Å². The molecular formula is C10H22N2O3S2. The monoisotopic (exact) mass is 282 g/mol. The van der Waals surface area contributed by atoms with E-state index < -0.39 is 15.3 Å². The fourth-order valence-electron chi connectivity index (χ4n) is 0.955. The molecule has 0 saturated carbocycles. The van der Waals surface area contributed by atoms with E-state index in [1.54, 1.807) is 0 Å². The lowest BCUT2D eigenvalue weighted by molar-refractivity contribution is 0.128. The van der Waals surface area contributed by atoms with Crippen molar-refractivity contribution in [2.24, 2.45) is 11.7 Å². The molecule has 0 amide bonds. The Hall–Kier alpha value is -0.240. The van der Waals surface area contributed by atoms with Crippen LogP contribution in [0.1, 0.15) is 27.2 Å². The van der Waals surface area contributed by atoms with Gasteiger partial charge in [0.2, 0.25) is 10.0 Å². The van der Waals surface area contributed by atoms with Crippen molar-refractivity contribution in [2.45, 2.75) is 32.4 Å². The number of thiocarbonyl (C=S) groups is 1. The molecule has 0 aliphatic rings. The van der Waals surface area contributed by atoms with Crippen LogP contribution >= 0.6 is 12.2 Å². The Labute approximate surface area is 109 Å². The Bertz CT molecular complexity index is 328. The quantitative estimate of drug-likeness (QED) is 0.479. The number of ether oxygens (including phenoxy) is 1. The summed E-state index contributed by atoms with van der Waals surface area (Å²) in [6, 6.07) is 0. The Morgan fingerprint density at radius 2 is 1.94 bits per heavy atom. The number of rotatable bonds is 9. The van der Waals surface area contributed by atoms with Crippen LogP contribution in [0.15, 0.2) is 0 Å². The lowest BCUT2D eigenvalue weighted by Gasteiger charge is -2.12. The van der Waals surface area contributed by atoms with Gasteiger partial charge in [0.05, 0.1) is 11.6 Å². The van der Waals surface area contributed by atoms with Gasteiger partial charge >= 0.3 is 0 Å². The summed E-state index contributed by atoms with van der Waals surface area (Å²) in [5, 5.41) is -0.854. The summed E-state index contributed by atoms with van der Waals surface area (Å²) in [6.45, 7) is 6.92. The fraction of sp³-hybridized carbons (Fsp3) is 0.900. The highest BCUT2D eigenvalue weighted by molar-refractivity contribution is 7.93. The molecule has 7 heteroatoms. The second-order valence-corrected chi connectivity index (χ2v) is 6.84. The van der Waals surface area contributed by atoms with E-state index in [-0.39, 0.29) is 11.5 Å². The standard InChI is InChI=1S/C10H22N2O3S2/c1-8(2)4-6-15-7-5-12-17(13,14)9(3)10(11)16/h8-9,12H,4-7H2,1-3H3,(H2,11,16). The first-order chi connectivity index (χ1) is 7.77. The van der Waals surface area contributed by atoms with Crippen LogP contribution in [0.2, 0.25) is 0 Å². The predicted octanol–water partition coefficient (Wildman–Crippen LogP) is 0.643. The molecule has 1 atom stereocenters. The Balaban J connectivity index is 3.78. The second kappa shape index (κ2) is 7.97. The minimum Gasteiger partial charge on any atom is -0.392 e. The zero-order chi connectivity index (χ0) is 13.5. The summed E-state index contributed by atoms with van der Waals surface area (Å²) in [5.74, 6) is 0.585. The first-order valence-corrected chi connectivity index (χ1v) is 7.58. The van der Waals surface area contributed by atoms with Crippen molar-refractivity contribution in [2.75, 3.05) is 19.8 Å². The van der Waals surface area contributed by atoms with Crippen molar-refractivity contribution in [1.82, 2.24) is 4.72 Å². The summed E-state index contributed by atoms with van der Waals surface area (Å²) in [6.07, 6.45) is 0.968. The number of nitrogens with one attached hydrogen (secondary N) is 1. The molecule has 0 rings (SSSR count). The van der Waals surface area contributed by atoms with Gasteiger partial charge in [-0.25, -0.2) is 13.1 Å². The maximum Gasteiger partial charge on any atom is 0.220 e. The summed E-state index contributed by atoms with van der Waals surface area (Å²) in [5.41, 5.74) is 5.29. The van der Waals surface area contributed by atoms with Crippen molar-refractivity contribution < 1.29 is 13.2 Å². The predicted molar refractivity (Wildman–Crippen MR) is 73.4 cm³/mol. The number of sulfonamides is 1. The van der Waals surface area contributed by atoms with E-state index in [2.05, 4.69) is 30.8 Å². The molecule has 17 heavy (non-hydrogen) atoms. The van der Waals surface area contributed by atoms with Gasteiger partial charge in [-0.1, -0.05) is 26.1 Å². The normalized spacial score (nSPS) is 13.9. The highest BCUT2D eigenvalue weighted by atomic mass is 32.2. The van der Waals surface area contributed by atoms with Crippen molar-refractivity contribution >= 4 is 27.2 Å². The van der Waals surface area contributed by atoms with Crippen LogP contribution in [-0.2, 0) is 14.8 Å². The van der Waals surface area contributed by atoms with Gasteiger partial charge in [-0.2, -0.15) is 0 Å². The second-order valence-electron chi connectivity index (χ2n) is 4.28. The molecule has 5 nitrogen and oxygen atoms in total. The fourth-order valence-corrected chi connectivity index (χ4v) is 2.26. The number of hydrogen-bond acceptors (Lipinski definition) is 4. The topological polar surface area (TPSA) is 81.4 Å². The molecule has 0 aliphatic heterocycles. The minimum atomic E-state index is -3.46. The summed E-state index contributed by atoms with van der Waals surface area (Å²) in [4.78, 5) is -0.0294. The smallest absolute Gasteiger partial charge is 0.220 e. The zero-order valence-corrected chi connectivity index (χ0v) is 12.2. The maximum absolute atomic E-state index is 11.6. The molecule has 0 spiro atoms. The third-order valence-corrected chi connectivity index (χ3v) is 4.55. The molecule has 3 N–H and O–H groups in total. The summed E-state index contributed by atoms with van der Waals surface area (Å²) >= 11 is 4.64. The van der Waals surface area contributed by atoms with E-state index in [0.29, 0.717) is 19.1 Å². The molecule has 0 heterocycles.